The Balaban J connectivity index is 2.31. The normalized spacial score (nSPS) is 15.2. The Morgan fingerprint density at radius 2 is 2.36 bits per heavy atom. The average molecular weight is 215 g/mol. The predicted molar refractivity (Wildman–Crippen MR) is 49.6 cm³/mol. The molecule has 2 rings (SSSR count). The van der Waals surface area contributed by atoms with Gasteiger partial charge in [-0.2, -0.15) is 0 Å². The molecular formula is C8H7ClN2O3. The second-order valence-electron chi connectivity index (χ2n) is 3.05. The quantitative estimate of drug-likeness (QED) is 0.440. The van der Waals surface area contributed by atoms with Crippen LogP contribution >= 0.6 is 11.6 Å². The van der Waals surface area contributed by atoms with E-state index in [1.165, 1.54) is 6.07 Å². The first-order valence-electron chi connectivity index (χ1n) is 4.13. The molecule has 0 radical (unpaired) electrons. The third-order valence-corrected chi connectivity index (χ3v) is 2.03. The molecule has 14 heavy (non-hydrogen) atoms. The van der Waals surface area contributed by atoms with Crippen molar-refractivity contribution in [3.63, 3.8) is 0 Å². The monoisotopic (exact) mass is 214 g/mol. The molecule has 0 aromatic carbocycles. The van der Waals surface area contributed by atoms with Crippen LogP contribution in [0.3, 0.4) is 0 Å². The molecule has 0 bridgehead atoms. The summed E-state index contributed by atoms with van der Waals surface area (Å²) in [6.07, 6.45) is 3.10. The minimum Gasteiger partial charge on any atom is -0.483 e. The molecule has 1 aliphatic carbocycles. The zero-order valence-electron chi connectivity index (χ0n) is 7.14. The number of halogens is 1. The largest absolute Gasteiger partial charge is 0.483 e. The smallest absolute Gasteiger partial charge is 0.329 e. The lowest BCUT2D eigenvalue weighted by Gasteiger charge is -2.04. The van der Waals surface area contributed by atoms with Gasteiger partial charge in [0.25, 0.3) is 0 Å². The molecule has 1 aromatic heterocycles. The maximum atomic E-state index is 10.6. The summed E-state index contributed by atoms with van der Waals surface area (Å²) in [4.78, 5) is 13.7. The van der Waals surface area contributed by atoms with E-state index < -0.39 is 4.92 Å². The van der Waals surface area contributed by atoms with Crippen LogP contribution in [0.25, 0.3) is 0 Å². The molecule has 1 aliphatic rings. The average Bonchev–Trinajstić information content (AvgIpc) is 2.87. The molecule has 74 valence electrons. The first kappa shape index (κ1) is 9.21. The Kier molecular flexibility index (Phi) is 2.25. The number of hydrogen-bond acceptors (Lipinski definition) is 4. The van der Waals surface area contributed by atoms with Crippen LogP contribution in [-0.4, -0.2) is 16.0 Å². The second-order valence-corrected chi connectivity index (χ2v) is 3.44. The summed E-state index contributed by atoms with van der Waals surface area (Å²) in [6, 6.07) is 1.37. The summed E-state index contributed by atoms with van der Waals surface area (Å²) >= 11 is 5.61. The van der Waals surface area contributed by atoms with Crippen molar-refractivity contribution in [1.29, 1.82) is 0 Å². The lowest BCUT2D eigenvalue weighted by Crippen LogP contribution is -2.00. The minimum absolute atomic E-state index is 0.104. The Labute approximate surface area is 84.8 Å². The summed E-state index contributed by atoms with van der Waals surface area (Å²) in [6.45, 7) is 0. The number of nitrogens with zero attached hydrogens (tertiary/aromatic N) is 2. The molecule has 1 saturated carbocycles. The van der Waals surface area contributed by atoms with Gasteiger partial charge in [0.05, 0.1) is 11.0 Å². The molecular weight excluding hydrogens is 208 g/mol. The summed E-state index contributed by atoms with van der Waals surface area (Å²) in [5, 5.41) is 10.8. The fraction of sp³-hybridized carbons (Fsp3) is 0.375. The molecule has 6 heteroatoms. The zero-order valence-corrected chi connectivity index (χ0v) is 7.90. The van der Waals surface area contributed by atoms with Crippen molar-refractivity contribution < 1.29 is 9.66 Å². The zero-order chi connectivity index (χ0) is 10.1. The number of hydrogen-bond donors (Lipinski definition) is 0. The van der Waals surface area contributed by atoms with E-state index in [0.29, 0.717) is 0 Å². The van der Waals surface area contributed by atoms with Gasteiger partial charge in [-0.25, -0.2) is 4.98 Å². The topological polar surface area (TPSA) is 65.3 Å². The van der Waals surface area contributed by atoms with Gasteiger partial charge in [0.2, 0.25) is 5.75 Å². The first-order chi connectivity index (χ1) is 6.66. The molecule has 0 aliphatic heterocycles. The fourth-order valence-electron chi connectivity index (χ4n) is 1.00. The first-order valence-corrected chi connectivity index (χ1v) is 4.51. The van der Waals surface area contributed by atoms with Crippen LogP contribution in [0.5, 0.6) is 5.75 Å². The van der Waals surface area contributed by atoms with Crippen LogP contribution in [0.1, 0.15) is 12.8 Å². The van der Waals surface area contributed by atoms with Crippen LogP contribution in [0.2, 0.25) is 5.15 Å². The highest BCUT2D eigenvalue weighted by atomic mass is 35.5. The van der Waals surface area contributed by atoms with Crippen LogP contribution < -0.4 is 4.74 Å². The fourth-order valence-corrected chi connectivity index (χ4v) is 1.15. The Bertz CT molecular complexity index is 379. The van der Waals surface area contributed by atoms with Crippen LogP contribution in [-0.2, 0) is 0 Å². The molecule has 0 unspecified atom stereocenters. The van der Waals surface area contributed by atoms with Crippen molar-refractivity contribution in [3.05, 3.63) is 27.5 Å². The van der Waals surface area contributed by atoms with E-state index in [1.807, 2.05) is 0 Å². The summed E-state index contributed by atoms with van der Waals surface area (Å²) in [5.74, 6) is 0.206. The van der Waals surface area contributed by atoms with E-state index in [1.54, 1.807) is 0 Å². The van der Waals surface area contributed by atoms with Gasteiger partial charge < -0.3 is 4.74 Å². The number of aromatic nitrogens is 1. The van der Waals surface area contributed by atoms with E-state index in [9.17, 15) is 10.1 Å². The van der Waals surface area contributed by atoms with Crippen molar-refractivity contribution in [2.24, 2.45) is 0 Å². The number of ether oxygens (including phenoxy) is 1. The number of pyridine rings is 1. The van der Waals surface area contributed by atoms with Gasteiger partial charge in [0.1, 0.15) is 11.3 Å². The van der Waals surface area contributed by atoms with Crippen LogP contribution in [0, 0.1) is 10.1 Å². The van der Waals surface area contributed by atoms with Gasteiger partial charge in [-0.3, -0.25) is 10.1 Å². The van der Waals surface area contributed by atoms with E-state index in [0.717, 1.165) is 19.0 Å². The van der Waals surface area contributed by atoms with Crippen molar-refractivity contribution in [2.45, 2.75) is 18.9 Å². The van der Waals surface area contributed by atoms with Crippen molar-refractivity contribution in [3.8, 4) is 5.75 Å². The SMILES string of the molecule is O=[N+]([O-])c1cnc(Cl)cc1OC1CC1. The van der Waals surface area contributed by atoms with E-state index >= 15 is 0 Å². The molecule has 0 N–H and O–H groups in total. The van der Waals surface area contributed by atoms with Gasteiger partial charge in [-0.1, -0.05) is 11.6 Å². The maximum Gasteiger partial charge on any atom is 0.329 e. The number of nitro groups is 1. The highest BCUT2D eigenvalue weighted by Crippen LogP contribution is 2.33. The van der Waals surface area contributed by atoms with Crippen molar-refractivity contribution in [2.75, 3.05) is 0 Å². The van der Waals surface area contributed by atoms with Gasteiger partial charge in [0.15, 0.2) is 0 Å². The lowest BCUT2D eigenvalue weighted by atomic mass is 10.4. The Morgan fingerprint density at radius 3 is 2.93 bits per heavy atom. The molecule has 0 amide bonds. The molecule has 1 aromatic rings. The van der Waals surface area contributed by atoms with Crippen molar-refractivity contribution in [1.82, 2.24) is 4.98 Å². The third-order valence-electron chi connectivity index (χ3n) is 1.83. The maximum absolute atomic E-state index is 10.6. The van der Waals surface area contributed by atoms with E-state index in [4.69, 9.17) is 16.3 Å². The molecule has 0 spiro atoms. The van der Waals surface area contributed by atoms with Gasteiger partial charge in [-0.05, 0) is 12.8 Å². The van der Waals surface area contributed by atoms with Gasteiger partial charge >= 0.3 is 5.69 Å². The minimum atomic E-state index is -0.527. The third kappa shape index (κ3) is 1.93. The van der Waals surface area contributed by atoms with E-state index in [2.05, 4.69) is 4.98 Å². The summed E-state index contributed by atoms with van der Waals surface area (Å²) in [7, 11) is 0. The van der Waals surface area contributed by atoms with Crippen molar-refractivity contribution >= 4 is 17.3 Å². The Morgan fingerprint density at radius 1 is 1.64 bits per heavy atom. The Hall–Kier alpha value is -1.36. The predicted octanol–water partition coefficient (Wildman–Crippen LogP) is 2.18. The van der Waals surface area contributed by atoms with E-state index in [-0.39, 0.29) is 22.7 Å². The number of rotatable bonds is 3. The molecule has 0 atom stereocenters. The summed E-state index contributed by atoms with van der Waals surface area (Å²) in [5.41, 5.74) is -0.138. The van der Waals surface area contributed by atoms with Gasteiger partial charge in [0, 0.05) is 6.07 Å². The second kappa shape index (κ2) is 3.42. The molecule has 0 saturated heterocycles. The molecule has 5 nitrogen and oxygen atoms in total. The standard InChI is InChI=1S/C8H7ClN2O3/c9-8-3-7(14-5-1-2-5)6(4-10-8)11(12)13/h3-5H,1-2H2. The van der Waals surface area contributed by atoms with Gasteiger partial charge in [-0.15, -0.1) is 0 Å². The molecule has 1 fully saturated rings. The van der Waals surface area contributed by atoms with Crippen LogP contribution in [0.4, 0.5) is 5.69 Å². The lowest BCUT2D eigenvalue weighted by molar-refractivity contribution is -0.386. The summed E-state index contributed by atoms with van der Waals surface area (Å²) < 4.78 is 5.33. The highest BCUT2D eigenvalue weighted by Gasteiger charge is 2.27. The van der Waals surface area contributed by atoms with Crippen LogP contribution in [0.15, 0.2) is 12.3 Å². The molecule has 1 heterocycles. The highest BCUT2D eigenvalue weighted by molar-refractivity contribution is 6.29.